The molecule has 0 bridgehead atoms. The van der Waals surface area contributed by atoms with Gasteiger partial charge in [0.1, 0.15) is 0 Å². The molecule has 1 aliphatic rings. The van der Waals surface area contributed by atoms with Crippen LogP contribution < -0.4 is 5.32 Å². The quantitative estimate of drug-likeness (QED) is 0.782. The van der Waals surface area contributed by atoms with Crippen molar-refractivity contribution in [2.75, 3.05) is 32.8 Å². The van der Waals surface area contributed by atoms with Gasteiger partial charge in [0.05, 0.1) is 0 Å². The molecule has 1 aromatic rings. The second kappa shape index (κ2) is 7.92. The first-order chi connectivity index (χ1) is 10.1. The molecule has 1 heterocycles. The number of hydrogen-bond acceptors (Lipinski definition) is 3. The third-order valence-electron chi connectivity index (χ3n) is 4.37. The van der Waals surface area contributed by atoms with Crippen molar-refractivity contribution >= 4 is 0 Å². The van der Waals surface area contributed by atoms with E-state index in [4.69, 9.17) is 4.74 Å². The first-order valence-electron chi connectivity index (χ1n) is 8.22. The summed E-state index contributed by atoms with van der Waals surface area (Å²) >= 11 is 0. The van der Waals surface area contributed by atoms with E-state index in [1.165, 1.54) is 5.56 Å². The molecule has 0 saturated carbocycles. The molecule has 0 aliphatic carbocycles. The van der Waals surface area contributed by atoms with E-state index in [9.17, 15) is 0 Å². The molecule has 1 N–H and O–H groups in total. The Bertz CT molecular complexity index is 405. The molecule has 0 spiro atoms. The van der Waals surface area contributed by atoms with Crippen molar-refractivity contribution in [2.24, 2.45) is 0 Å². The highest BCUT2D eigenvalue weighted by molar-refractivity contribution is 5.16. The van der Waals surface area contributed by atoms with Crippen LogP contribution >= 0.6 is 0 Å². The summed E-state index contributed by atoms with van der Waals surface area (Å²) in [6.45, 7) is 11.7. The Morgan fingerprint density at radius 3 is 2.76 bits per heavy atom. The fourth-order valence-corrected chi connectivity index (χ4v) is 3.01. The number of benzene rings is 1. The SMILES string of the molecule is CCOCCCN1CC(Cc2ccccc2)NCC1(C)C. The maximum Gasteiger partial charge on any atom is 0.0478 e. The molecule has 1 saturated heterocycles. The van der Waals surface area contributed by atoms with Crippen LogP contribution in [0.2, 0.25) is 0 Å². The minimum absolute atomic E-state index is 0.236. The van der Waals surface area contributed by atoms with Gasteiger partial charge in [0.15, 0.2) is 0 Å². The monoisotopic (exact) mass is 290 g/mol. The zero-order valence-electron chi connectivity index (χ0n) is 13.8. The van der Waals surface area contributed by atoms with Crippen LogP contribution in [-0.2, 0) is 11.2 Å². The van der Waals surface area contributed by atoms with Crippen molar-refractivity contribution in [3.8, 4) is 0 Å². The van der Waals surface area contributed by atoms with Gasteiger partial charge < -0.3 is 10.1 Å². The Kier molecular flexibility index (Phi) is 6.22. The fraction of sp³-hybridized carbons (Fsp3) is 0.667. The molecule has 3 nitrogen and oxygen atoms in total. The lowest BCUT2D eigenvalue weighted by molar-refractivity contribution is 0.0522. The van der Waals surface area contributed by atoms with E-state index in [0.29, 0.717) is 6.04 Å². The van der Waals surface area contributed by atoms with Gasteiger partial charge in [-0.3, -0.25) is 4.90 Å². The number of nitrogens with zero attached hydrogens (tertiary/aromatic N) is 1. The van der Waals surface area contributed by atoms with Gasteiger partial charge in [-0.15, -0.1) is 0 Å². The Morgan fingerprint density at radius 1 is 1.29 bits per heavy atom. The molecule has 2 rings (SSSR count). The zero-order valence-corrected chi connectivity index (χ0v) is 13.8. The van der Waals surface area contributed by atoms with Crippen LogP contribution in [0.5, 0.6) is 0 Å². The maximum atomic E-state index is 5.47. The third kappa shape index (κ3) is 5.10. The summed E-state index contributed by atoms with van der Waals surface area (Å²) in [4.78, 5) is 2.62. The molecule has 1 unspecified atom stereocenters. The van der Waals surface area contributed by atoms with Crippen molar-refractivity contribution < 1.29 is 4.74 Å². The summed E-state index contributed by atoms with van der Waals surface area (Å²) in [5.41, 5.74) is 1.66. The average molecular weight is 290 g/mol. The molecular weight excluding hydrogens is 260 g/mol. The predicted molar refractivity (Wildman–Crippen MR) is 88.7 cm³/mol. The maximum absolute atomic E-state index is 5.47. The predicted octanol–water partition coefficient (Wildman–Crippen LogP) is 2.71. The molecule has 0 aromatic heterocycles. The van der Waals surface area contributed by atoms with Crippen LogP contribution in [0.1, 0.15) is 32.8 Å². The number of hydrogen-bond donors (Lipinski definition) is 1. The largest absolute Gasteiger partial charge is 0.382 e. The first kappa shape index (κ1) is 16.5. The average Bonchev–Trinajstić information content (AvgIpc) is 2.48. The fourth-order valence-electron chi connectivity index (χ4n) is 3.01. The van der Waals surface area contributed by atoms with Gasteiger partial charge in [-0.2, -0.15) is 0 Å². The van der Waals surface area contributed by atoms with Crippen molar-refractivity contribution in [1.29, 1.82) is 0 Å². The highest BCUT2D eigenvalue weighted by Crippen LogP contribution is 2.20. The minimum atomic E-state index is 0.236. The van der Waals surface area contributed by atoms with E-state index in [-0.39, 0.29) is 5.54 Å². The van der Waals surface area contributed by atoms with Gasteiger partial charge in [-0.05, 0) is 39.2 Å². The normalized spacial score (nSPS) is 22.3. The van der Waals surface area contributed by atoms with Crippen LogP contribution in [-0.4, -0.2) is 49.3 Å². The number of piperazine rings is 1. The van der Waals surface area contributed by atoms with Gasteiger partial charge in [0.2, 0.25) is 0 Å². The molecule has 0 amide bonds. The lowest BCUT2D eigenvalue weighted by Gasteiger charge is -2.46. The number of ether oxygens (including phenoxy) is 1. The smallest absolute Gasteiger partial charge is 0.0478 e. The molecule has 118 valence electrons. The van der Waals surface area contributed by atoms with Crippen LogP contribution in [0, 0.1) is 0 Å². The second-order valence-electron chi connectivity index (χ2n) is 6.58. The second-order valence-corrected chi connectivity index (χ2v) is 6.58. The molecule has 1 atom stereocenters. The Hall–Kier alpha value is -0.900. The van der Waals surface area contributed by atoms with Crippen LogP contribution in [0.15, 0.2) is 30.3 Å². The molecule has 0 radical (unpaired) electrons. The van der Waals surface area contributed by atoms with Gasteiger partial charge in [-0.1, -0.05) is 30.3 Å². The van der Waals surface area contributed by atoms with Crippen molar-refractivity contribution in [1.82, 2.24) is 10.2 Å². The third-order valence-corrected chi connectivity index (χ3v) is 4.37. The van der Waals surface area contributed by atoms with Crippen molar-refractivity contribution in [3.05, 3.63) is 35.9 Å². The standard InChI is InChI=1S/C18H30N2O/c1-4-21-12-8-11-20-14-17(19-15-18(20,2)3)13-16-9-6-5-7-10-16/h5-7,9-10,17,19H,4,8,11-15H2,1-3H3. The van der Waals surface area contributed by atoms with Crippen LogP contribution in [0.25, 0.3) is 0 Å². The highest BCUT2D eigenvalue weighted by Gasteiger charge is 2.33. The highest BCUT2D eigenvalue weighted by atomic mass is 16.5. The summed E-state index contributed by atoms with van der Waals surface area (Å²) in [7, 11) is 0. The van der Waals surface area contributed by atoms with E-state index in [1.54, 1.807) is 0 Å². The van der Waals surface area contributed by atoms with Gasteiger partial charge in [0, 0.05) is 44.4 Å². The number of nitrogens with one attached hydrogen (secondary N) is 1. The summed E-state index contributed by atoms with van der Waals surface area (Å²) < 4.78 is 5.47. The lowest BCUT2D eigenvalue weighted by atomic mass is 9.94. The van der Waals surface area contributed by atoms with E-state index in [0.717, 1.165) is 45.7 Å². The van der Waals surface area contributed by atoms with E-state index in [2.05, 4.69) is 61.3 Å². The Morgan fingerprint density at radius 2 is 2.05 bits per heavy atom. The lowest BCUT2D eigenvalue weighted by Crippen LogP contribution is -2.62. The summed E-state index contributed by atoms with van der Waals surface area (Å²) in [6.07, 6.45) is 2.23. The van der Waals surface area contributed by atoms with E-state index in [1.807, 2.05) is 0 Å². The first-order valence-corrected chi connectivity index (χ1v) is 8.22. The summed E-state index contributed by atoms with van der Waals surface area (Å²) in [6, 6.07) is 11.3. The van der Waals surface area contributed by atoms with Crippen LogP contribution in [0.3, 0.4) is 0 Å². The zero-order chi connectivity index (χ0) is 15.1. The van der Waals surface area contributed by atoms with E-state index >= 15 is 0 Å². The summed E-state index contributed by atoms with van der Waals surface area (Å²) in [5, 5.41) is 3.72. The Labute approximate surface area is 129 Å². The van der Waals surface area contributed by atoms with Gasteiger partial charge in [0.25, 0.3) is 0 Å². The topological polar surface area (TPSA) is 24.5 Å². The molecule has 1 aromatic carbocycles. The van der Waals surface area contributed by atoms with Crippen molar-refractivity contribution in [2.45, 2.75) is 45.2 Å². The molecule has 1 aliphatic heterocycles. The van der Waals surface area contributed by atoms with Gasteiger partial charge >= 0.3 is 0 Å². The molecule has 1 fully saturated rings. The molecular formula is C18H30N2O. The minimum Gasteiger partial charge on any atom is -0.382 e. The Balaban J connectivity index is 1.86. The van der Waals surface area contributed by atoms with Crippen molar-refractivity contribution in [3.63, 3.8) is 0 Å². The number of rotatable bonds is 7. The van der Waals surface area contributed by atoms with E-state index < -0.39 is 0 Å². The molecule has 21 heavy (non-hydrogen) atoms. The molecule has 3 heteroatoms. The van der Waals surface area contributed by atoms with Crippen LogP contribution in [0.4, 0.5) is 0 Å². The summed E-state index contributed by atoms with van der Waals surface area (Å²) in [5.74, 6) is 0. The van der Waals surface area contributed by atoms with Gasteiger partial charge in [-0.25, -0.2) is 0 Å².